The fourth-order valence-electron chi connectivity index (χ4n) is 3.24. The largest absolute Gasteiger partial charge is 0.493 e. The molecule has 0 aliphatic rings. The van der Waals surface area contributed by atoms with Crippen molar-refractivity contribution in [2.45, 2.75) is 0 Å². The Balaban J connectivity index is 1.70. The van der Waals surface area contributed by atoms with Crippen molar-refractivity contribution in [3.05, 3.63) is 93.9 Å². The topological polar surface area (TPSA) is 93.3 Å². The molecular weight excluding hydrogens is 486 g/mol. The van der Waals surface area contributed by atoms with E-state index in [1.165, 1.54) is 14.2 Å². The van der Waals surface area contributed by atoms with Gasteiger partial charge in [-0.15, -0.1) is 0 Å². The summed E-state index contributed by atoms with van der Waals surface area (Å²) in [5.74, 6) is 0.129. The highest BCUT2D eigenvalue weighted by Gasteiger charge is 2.20. The van der Waals surface area contributed by atoms with Crippen molar-refractivity contribution in [3.63, 3.8) is 0 Å². The number of halogens is 1. The lowest BCUT2D eigenvalue weighted by molar-refractivity contribution is 0.0931. The van der Waals surface area contributed by atoms with E-state index in [-0.39, 0.29) is 11.5 Å². The number of carbonyl (C=O) groups excluding carboxylic acids is 2. The second-order valence-corrected chi connectivity index (χ2v) is 7.98. The minimum absolute atomic E-state index is 0.0798. The zero-order valence-corrected chi connectivity index (χ0v) is 19.5. The molecule has 1 heterocycles. The minimum Gasteiger partial charge on any atom is -0.493 e. The van der Waals surface area contributed by atoms with E-state index in [4.69, 9.17) is 9.47 Å². The van der Waals surface area contributed by atoms with Crippen LogP contribution >= 0.6 is 15.9 Å². The first-order valence-corrected chi connectivity index (χ1v) is 10.8. The number of hydrogen-bond donors (Lipinski definition) is 2. The second kappa shape index (κ2) is 9.70. The van der Waals surface area contributed by atoms with Crippen molar-refractivity contribution in [2.24, 2.45) is 0 Å². The van der Waals surface area contributed by atoms with Gasteiger partial charge in [-0.1, -0.05) is 40.2 Å². The summed E-state index contributed by atoms with van der Waals surface area (Å²) in [5, 5.41) is 2.73. The van der Waals surface area contributed by atoms with Crippen LogP contribution in [0.5, 0.6) is 11.5 Å². The predicted molar refractivity (Wildman–Crippen MR) is 130 cm³/mol. The van der Waals surface area contributed by atoms with E-state index in [0.717, 1.165) is 15.6 Å². The van der Waals surface area contributed by atoms with Crippen molar-refractivity contribution in [2.75, 3.05) is 14.2 Å². The van der Waals surface area contributed by atoms with Crippen molar-refractivity contribution >= 4 is 44.7 Å². The molecule has 0 aliphatic heterocycles. The van der Waals surface area contributed by atoms with E-state index < -0.39 is 11.7 Å². The Kier molecular flexibility index (Phi) is 6.55. The number of methoxy groups -OCH3 is 2. The maximum Gasteiger partial charge on any atom is 0.255 e. The van der Waals surface area contributed by atoms with Gasteiger partial charge in [0.15, 0.2) is 17.3 Å². The normalized spacial score (nSPS) is 11.3. The quantitative estimate of drug-likeness (QED) is 0.272. The van der Waals surface area contributed by atoms with Gasteiger partial charge in [0, 0.05) is 10.0 Å². The molecule has 0 saturated carbocycles. The van der Waals surface area contributed by atoms with Gasteiger partial charge in [-0.3, -0.25) is 9.59 Å². The monoisotopic (exact) mass is 505 g/mol. The Morgan fingerprint density at radius 1 is 0.970 bits per heavy atom. The molecule has 0 saturated heterocycles. The van der Waals surface area contributed by atoms with Crippen LogP contribution in [0.2, 0.25) is 0 Å². The van der Waals surface area contributed by atoms with Crippen LogP contribution in [-0.2, 0) is 0 Å². The van der Waals surface area contributed by atoms with Crippen molar-refractivity contribution in [1.82, 2.24) is 15.3 Å². The van der Waals surface area contributed by atoms with Crippen LogP contribution in [0, 0.1) is 0 Å². The number of hydrogen-bond acceptors (Lipinski definition) is 5. The molecule has 0 fully saturated rings. The van der Waals surface area contributed by atoms with Crippen LogP contribution < -0.4 is 14.8 Å². The minimum atomic E-state index is -0.469. The molecule has 0 unspecified atom stereocenters. The number of H-pyrrole nitrogens is 1. The lowest BCUT2D eigenvalue weighted by Crippen LogP contribution is -2.28. The number of para-hydroxylation sites is 2. The number of ketones is 1. The van der Waals surface area contributed by atoms with Gasteiger partial charge in [0.2, 0.25) is 5.78 Å². The molecule has 2 N–H and O–H groups in total. The van der Waals surface area contributed by atoms with Crippen LogP contribution in [0.25, 0.3) is 17.1 Å². The van der Waals surface area contributed by atoms with E-state index in [0.29, 0.717) is 22.6 Å². The number of aromatic amines is 1. The molecule has 7 nitrogen and oxygen atoms in total. The lowest BCUT2D eigenvalue weighted by Gasteiger charge is -2.11. The lowest BCUT2D eigenvalue weighted by atomic mass is 10.1. The van der Waals surface area contributed by atoms with E-state index in [1.54, 1.807) is 24.3 Å². The first-order valence-electron chi connectivity index (χ1n) is 9.98. The Morgan fingerprint density at radius 2 is 1.70 bits per heavy atom. The van der Waals surface area contributed by atoms with E-state index in [9.17, 15) is 9.59 Å². The van der Waals surface area contributed by atoms with Crippen molar-refractivity contribution in [1.29, 1.82) is 0 Å². The highest BCUT2D eigenvalue weighted by atomic mass is 79.9. The average Bonchev–Trinajstić information content (AvgIpc) is 3.28. The third kappa shape index (κ3) is 4.96. The molecule has 1 aromatic heterocycles. The van der Waals surface area contributed by atoms with Gasteiger partial charge in [-0.2, -0.15) is 0 Å². The van der Waals surface area contributed by atoms with Gasteiger partial charge in [0.05, 0.1) is 31.0 Å². The number of imidazole rings is 1. The molecule has 0 aliphatic carbocycles. The number of Topliss-reactive ketones (excluding diaryl/α,β-unsaturated/α-hetero) is 1. The van der Waals surface area contributed by atoms with Gasteiger partial charge in [-0.25, -0.2) is 4.98 Å². The molecule has 4 rings (SSSR count). The number of rotatable bonds is 7. The number of aromatic nitrogens is 2. The highest BCUT2D eigenvalue weighted by Crippen LogP contribution is 2.27. The van der Waals surface area contributed by atoms with Crippen molar-refractivity contribution < 1.29 is 19.1 Å². The summed E-state index contributed by atoms with van der Waals surface area (Å²) in [6.45, 7) is 0. The molecule has 0 radical (unpaired) electrons. The second-order valence-electron chi connectivity index (χ2n) is 7.07. The van der Waals surface area contributed by atoms with Crippen LogP contribution in [0.3, 0.4) is 0 Å². The molecular formula is C25H20BrN3O4. The third-order valence-electron chi connectivity index (χ3n) is 4.92. The number of allylic oxidation sites excluding steroid dienone is 1. The zero-order valence-electron chi connectivity index (χ0n) is 17.9. The first kappa shape index (κ1) is 22.3. The number of amides is 1. The Bertz CT molecular complexity index is 1330. The summed E-state index contributed by atoms with van der Waals surface area (Å²) < 4.78 is 11.4. The summed E-state index contributed by atoms with van der Waals surface area (Å²) >= 11 is 3.40. The molecule has 0 atom stereocenters. The summed E-state index contributed by atoms with van der Waals surface area (Å²) in [7, 11) is 3.01. The Labute approximate surface area is 198 Å². The SMILES string of the molecule is COc1ccc(C(=O)NC(=Cc2ccc(Br)cc2)C(=O)c2nc3ccccc3[nH]2)cc1OC. The van der Waals surface area contributed by atoms with E-state index in [1.807, 2.05) is 48.5 Å². The number of nitrogens with zero attached hydrogens (tertiary/aromatic N) is 1. The number of fused-ring (bicyclic) bond motifs is 1. The van der Waals surface area contributed by atoms with E-state index in [2.05, 4.69) is 31.2 Å². The summed E-state index contributed by atoms with van der Waals surface area (Å²) in [5.41, 5.74) is 2.53. The van der Waals surface area contributed by atoms with Gasteiger partial charge < -0.3 is 19.8 Å². The molecule has 1 amide bonds. The standard InChI is InChI=1S/C25H20BrN3O4/c1-32-21-12-9-16(14-22(21)33-2)25(31)29-20(13-15-7-10-17(26)11-8-15)23(30)24-27-18-5-3-4-6-19(18)28-24/h3-14H,1-2H3,(H,27,28)(H,29,31). The molecule has 4 aromatic rings. The van der Waals surface area contributed by atoms with Crippen LogP contribution in [0.4, 0.5) is 0 Å². The van der Waals surface area contributed by atoms with Gasteiger partial charge in [0.1, 0.15) is 0 Å². The summed E-state index contributed by atoms with van der Waals surface area (Å²) in [6, 6.07) is 19.5. The highest BCUT2D eigenvalue weighted by molar-refractivity contribution is 9.10. The fraction of sp³-hybridized carbons (Fsp3) is 0.0800. The number of benzene rings is 3. The smallest absolute Gasteiger partial charge is 0.255 e. The van der Waals surface area contributed by atoms with Gasteiger partial charge >= 0.3 is 0 Å². The van der Waals surface area contributed by atoms with Gasteiger partial charge in [0.25, 0.3) is 5.91 Å². The average molecular weight is 506 g/mol. The zero-order chi connectivity index (χ0) is 23.4. The van der Waals surface area contributed by atoms with Crippen LogP contribution in [0.1, 0.15) is 26.5 Å². The molecule has 0 spiro atoms. The van der Waals surface area contributed by atoms with Gasteiger partial charge in [-0.05, 0) is 54.1 Å². The molecule has 3 aromatic carbocycles. The maximum atomic E-state index is 13.3. The van der Waals surface area contributed by atoms with E-state index >= 15 is 0 Å². The number of nitrogens with one attached hydrogen (secondary N) is 2. The first-order chi connectivity index (χ1) is 16.0. The molecule has 0 bridgehead atoms. The maximum absolute atomic E-state index is 13.3. The summed E-state index contributed by atoms with van der Waals surface area (Å²) in [4.78, 5) is 33.8. The summed E-state index contributed by atoms with van der Waals surface area (Å²) in [6.07, 6.45) is 1.61. The number of ether oxygens (including phenoxy) is 2. The fourth-order valence-corrected chi connectivity index (χ4v) is 3.51. The molecule has 166 valence electrons. The Morgan fingerprint density at radius 3 is 2.39 bits per heavy atom. The molecule has 33 heavy (non-hydrogen) atoms. The van der Waals surface area contributed by atoms with Crippen LogP contribution in [0.15, 0.2) is 76.9 Å². The number of carbonyl (C=O) groups is 2. The van der Waals surface area contributed by atoms with Crippen LogP contribution in [-0.4, -0.2) is 35.9 Å². The molecule has 8 heteroatoms. The third-order valence-corrected chi connectivity index (χ3v) is 5.45. The Hall–Kier alpha value is -3.91. The predicted octanol–water partition coefficient (Wildman–Crippen LogP) is 5.00. The van der Waals surface area contributed by atoms with Crippen molar-refractivity contribution in [3.8, 4) is 11.5 Å².